The van der Waals surface area contributed by atoms with Crippen LogP contribution in [0.25, 0.3) is 0 Å². The average Bonchev–Trinajstić information content (AvgIpc) is 2.62. The van der Waals surface area contributed by atoms with Crippen molar-refractivity contribution in [3.63, 3.8) is 0 Å². The van der Waals surface area contributed by atoms with Gasteiger partial charge in [-0.2, -0.15) is 0 Å². The SMILES string of the molecule is CCOC(=O)c1c(NC)c(C(C)(C)C)cc(C)c1OC(=O)c1ccccc1. The van der Waals surface area contributed by atoms with Crippen LogP contribution < -0.4 is 10.1 Å². The molecule has 0 fully saturated rings. The molecule has 5 heteroatoms. The summed E-state index contributed by atoms with van der Waals surface area (Å²) in [5, 5.41) is 3.10. The molecule has 0 aliphatic carbocycles. The van der Waals surface area contributed by atoms with E-state index >= 15 is 0 Å². The molecule has 0 radical (unpaired) electrons. The lowest BCUT2D eigenvalue weighted by atomic mass is 9.83. The van der Waals surface area contributed by atoms with Gasteiger partial charge < -0.3 is 14.8 Å². The molecule has 27 heavy (non-hydrogen) atoms. The Morgan fingerprint density at radius 3 is 2.22 bits per heavy atom. The molecule has 0 aromatic heterocycles. The van der Waals surface area contributed by atoms with Gasteiger partial charge in [0.15, 0.2) is 5.75 Å². The van der Waals surface area contributed by atoms with Gasteiger partial charge in [0.25, 0.3) is 0 Å². The van der Waals surface area contributed by atoms with Crippen LogP contribution in [0.15, 0.2) is 36.4 Å². The van der Waals surface area contributed by atoms with Crippen LogP contribution in [0, 0.1) is 6.92 Å². The Hall–Kier alpha value is -2.82. The molecule has 2 rings (SSSR count). The maximum atomic E-state index is 12.7. The summed E-state index contributed by atoms with van der Waals surface area (Å²) in [6, 6.07) is 10.6. The molecule has 0 saturated heterocycles. The summed E-state index contributed by atoms with van der Waals surface area (Å²) in [4.78, 5) is 25.3. The molecule has 0 saturated carbocycles. The van der Waals surface area contributed by atoms with Crippen LogP contribution in [0.1, 0.15) is 59.5 Å². The van der Waals surface area contributed by atoms with Crippen molar-refractivity contribution in [1.82, 2.24) is 0 Å². The van der Waals surface area contributed by atoms with E-state index in [1.165, 1.54) is 0 Å². The smallest absolute Gasteiger partial charge is 0.344 e. The summed E-state index contributed by atoms with van der Waals surface area (Å²) in [5.74, 6) is -0.818. The first-order chi connectivity index (χ1) is 12.7. The lowest BCUT2D eigenvalue weighted by Gasteiger charge is -2.27. The molecule has 0 spiro atoms. The molecular weight excluding hydrogens is 342 g/mol. The Labute approximate surface area is 160 Å². The predicted molar refractivity (Wildman–Crippen MR) is 107 cm³/mol. The van der Waals surface area contributed by atoms with Gasteiger partial charge >= 0.3 is 11.9 Å². The van der Waals surface area contributed by atoms with Crippen LogP contribution in [0.2, 0.25) is 0 Å². The molecule has 2 aromatic carbocycles. The minimum Gasteiger partial charge on any atom is -0.462 e. The van der Waals surface area contributed by atoms with Gasteiger partial charge in [0.05, 0.1) is 17.9 Å². The van der Waals surface area contributed by atoms with Crippen molar-refractivity contribution in [3.05, 3.63) is 58.7 Å². The van der Waals surface area contributed by atoms with Gasteiger partial charge in [0.2, 0.25) is 0 Å². The zero-order valence-corrected chi connectivity index (χ0v) is 16.8. The van der Waals surface area contributed by atoms with Gasteiger partial charge in [-0.05, 0) is 48.6 Å². The number of benzene rings is 2. The topological polar surface area (TPSA) is 64.6 Å². The van der Waals surface area contributed by atoms with E-state index in [0.29, 0.717) is 16.8 Å². The largest absolute Gasteiger partial charge is 0.462 e. The number of ether oxygens (including phenoxy) is 2. The fourth-order valence-corrected chi connectivity index (χ4v) is 2.91. The maximum absolute atomic E-state index is 12.7. The quantitative estimate of drug-likeness (QED) is 0.610. The van der Waals surface area contributed by atoms with Gasteiger partial charge in [-0.25, -0.2) is 9.59 Å². The van der Waals surface area contributed by atoms with Crippen molar-refractivity contribution in [1.29, 1.82) is 0 Å². The summed E-state index contributed by atoms with van der Waals surface area (Å²) in [5.41, 5.74) is 2.71. The van der Waals surface area contributed by atoms with Crippen molar-refractivity contribution in [2.24, 2.45) is 0 Å². The van der Waals surface area contributed by atoms with Crippen LogP contribution in [0.3, 0.4) is 0 Å². The number of nitrogens with one attached hydrogen (secondary N) is 1. The number of rotatable bonds is 5. The first-order valence-electron chi connectivity index (χ1n) is 9.00. The van der Waals surface area contributed by atoms with Crippen molar-refractivity contribution >= 4 is 17.6 Å². The van der Waals surface area contributed by atoms with Crippen molar-refractivity contribution in [2.45, 2.75) is 40.0 Å². The molecule has 0 aliphatic heterocycles. The molecule has 0 atom stereocenters. The number of anilines is 1. The highest BCUT2D eigenvalue weighted by Gasteiger charge is 2.29. The lowest BCUT2D eigenvalue weighted by Crippen LogP contribution is -2.21. The van der Waals surface area contributed by atoms with E-state index < -0.39 is 11.9 Å². The summed E-state index contributed by atoms with van der Waals surface area (Å²) in [7, 11) is 1.74. The number of carbonyl (C=O) groups is 2. The summed E-state index contributed by atoms with van der Waals surface area (Å²) in [6.07, 6.45) is 0. The number of hydrogen-bond donors (Lipinski definition) is 1. The van der Waals surface area contributed by atoms with Crippen molar-refractivity contribution < 1.29 is 19.1 Å². The van der Waals surface area contributed by atoms with Gasteiger partial charge in [-0.3, -0.25) is 0 Å². The Kier molecular flexibility index (Phi) is 6.26. The van der Waals surface area contributed by atoms with Crippen LogP contribution in [-0.2, 0) is 10.2 Å². The maximum Gasteiger partial charge on any atom is 0.344 e. The minimum atomic E-state index is -0.521. The van der Waals surface area contributed by atoms with Gasteiger partial charge in [0.1, 0.15) is 5.56 Å². The van der Waals surface area contributed by atoms with E-state index in [2.05, 4.69) is 26.1 Å². The highest BCUT2D eigenvalue weighted by Crippen LogP contribution is 2.40. The Bertz CT molecular complexity index is 836. The number of carbonyl (C=O) groups excluding carboxylic acids is 2. The number of hydrogen-bond acceptors (Lipinski definition) is 5. The lowest BCUT2D eigenvalue weighted by molar-refractivity contribution is 0.0521. The number of esters is 2. The van der Waals surface area contributed by atoms with Gasteiger partial charge in [-0.15, -0.1) is 0 Å². The number of aryl methyl sites for hydroxylation is 1. The molecule has 0 heterocycles. The second-order valence-corrected chi connectivity index (χ2v) is 7.30. The standard InChI is InChI=1S/C22H27NO4/c1-7-26-21(25)17-18(23-6)16(22(3,4)5)13-14(2)19(17)27-20(24)15-11-9-8-10-12-15/h8-13,23H,7H2,1-6H3. The highest BCUT2D eigenvalue weighted by atomic mass is 16.5. The van der Waals surface area contributed by atoms with E-state index in [-0.39, 0.29) is 23.3 Å². The Balaban J connectivity index is 2.65. The molecule has 2 aromatic rings. The zero-order chi connectivity index (χ0) is 20.2. The molecule has 5 nitrogen and oxygen atoms in total. The molecule has 1 N–H and O–H groups in total. The average molecular weight is 369 g/mol. The van der Waals surface area contributed by atoms with Crippen LogP contribution in [-0.4, -0.2) is 25.6 Å². The van der Waals surface area contributed by atoms with Crippen molar-refractivity contribution in [3.8, 4) is 5.75 Å². The normalized spacial score (nSPS) is 11.0. The Morgan fingerprint density at radius 1 is 1.07 bits per heavy atom. The first kappa shape index (κ1) is 20.5. The molecule has 0 aliphatic rings. The van der Waals surface area contributed by atoms with Crippen LogP contribution >= 0.6 is 0 Å². The summed E-state index contributed by atoms with van der Waals surface area (Å²) in [6.45, 7) is 9.98. The van der Waals surface area contributed by atoms with Crippen LogP contribution in [0.5, 0.6) is 5.75 Å². The van der Waals surface area contributed by atoms with Gasteiger partial charge in [-0.1, -0.05) is 39.0 Å². The van der Waals surface area contributed by atoms with Gasteiger partial charge in [0, 0.05) is 7.05 Å². The third-order valence-electron chi connectivity index (χ3n) is 4.21. The predicted octanol–water partition coefficient (Wildman–Crippen LogP) is 4.73. The first-order valence-corrected chi connectivity index (χ1v) is 9.00. The van der Waals surface area contributed by atoms with E-state index in [4.69, 9.17) is 9.47 Å². The van der Waals surface area contributed by atoms with E-state index in [1.54, 1.807) is 38.2 Å². The van der Waals surface area contributed by atoms with E-state index in [0.717, 1.165) is 5.56 Å². The molecule has 0 bridgehead atoms. The second-order valence-electron chi connectivity index (χ2n) is 7.30. The zero-order valence-electron chi connectivity index (χ0n) is 16.8. The molecule has 144 valence electrons. The fraction of sp³-hybridized carbons (Fsp3) is 0.364. The monoisotopic (exact) mass is 369 g/mol. The minimum absolute atomic E-state index is 0.216. The molecule has 0 unspecified atom stereocenters. The Morgan fingerprint density at radius 2 is 1.70 bits per heavy atom. The van der Waals surface area contributed by atoms with E-state index in [1.807, 2.05) is 19.1 Å². The second kappa shape index (κ2) is 8.25. The third-order valence-corrected chi connectivity index (χ3v) is 4.21. The fourth-order valence-electron chi connectivity index (χ4n) is 2.91. The van der Waals surface area contributed by atoms with E-state index in [9.17, 15) is 9.59 Å². The summed E-state index contributed by atoms with van der Waals surface area (Å²) >= 11 is 0. The van der Waals surface area contributed by atoms with Crippen molar-refractivity contribution in [2.75, 3.05) is 19.0 Å². The van der Waals surface area contributed by atoms with Crippen LogP contribution in [0.4, 0.5) is 5.69 Å². The molecular formula is C22H27NO4. The molecule has 0 amide bonds. The highest BCUT2D eigenvalue weighted by molar-refractivity contribution is 6.02. The summed E-state index contributed by atoms with van der Waals surface area (Å²) < 4.78 is 10.9. The third kappa shape index (κ3) is 4.48.